The van der Waals surface area contributed by atoms with Crippen molar-refractivity contribution < 1.29 is 23.0 Å². The summed E-state index contributed by atoms with van der Waals surface area (Å²) in [5, 5.41) is 2.61. The molecule has 1 fully saturated rings. The van der Waals surface area contributed by atoms with Crippen molar-refractivity contribution in [1.82, 2.24) is 0 Å². The summed E-state index contributed by atoms with van der Waals surface area (Å²) in [6.07, 6.45) is -1.27. The third-order valence-corrected chi connectivity index (χ3v) is 4.00. The summed E-state index contributed by atoms with van der Waals surface area (Å²) in [6.45, 7) is 5.35. The van der Waals surface area contributed by atoms with E-state index in [0.29, 0.717) is 17.0 Å². The van der Waals surface area contributed by atoms with E-state index in [9.17, 15) is 13.6 Å². The summed E-state index contributed by atoms with van der Waals surface area (Å²) in [7, 11) is 1.47. The third kappa shape index (κ3) is 3.95. The van der Waals surface area contributed by atoms with Crippen LogP contribution in [0.25, 0.3) is 0 Å². The van der Waals surface area contributed by atoms with Gasteiger partial charge in [-0.1, -0.05) is 0 Å². The highest BCUT2D eigenvalue weighted by Crippen LogP contribution is 2.55. The minimum absolute atomic E-state index is 0.0782. The molecule has 134 valence electrons. The summed E-state index contributed by atoms with van der Waals surface area (Å²) in [6, 6.07) is 4.90. The number of hydrogen-bond acceptors (Lipinski definition) is 4. The largest absolute Gasteiger partial charge is 0.496 e. The van der Waals surface area contributed by atoms with Gasteiger partial charge >= 0.3 is 6.09 Å². The maximum atomic E-state index is 13.5. The highest BCUT2D eigenvalue weighted by molar-refractivity contribution is 5.85. The average molecular weight is 342 g/mol. The zero-order valence-electron chi connectivity index (χ0n) is 14.4. The zero-order chi connectivity index (χ0) is 18.2. The van der Waals surface area contributed by atoms with E-state index in [-0.39, 0.29) is 19.4 Å². The summed E-state index contributed by atoms with van der Waals surface area (Å²) >= 11 is 0. The van der Waals surface area contributed by atoms with E-state index in [1.807, 2.05) is 0 Å². The number of amides is 1. The van der Waals surface area contributed by atoms with Crippen molar-refractivity contribution in [3.63, 3.8) is 0 Å². The minimum Gasteiger partial charge on any atom is -0.496 e. The fraction of sp³-hybridized carbons (Fsp3) is 0.588. The van der Waals surface area contributed by atoms with Gasteiger partial charge in [0.1, 0.15) is 11.4 Å². The second-order valence-corrected chi connectivity index (χ2v) is 7.24. The van der Waals surface area contributed by atoms with Crippen LogP contribution in [0.4, 0.5) is 19.3 Å². The van der Waals surface area contributed by atoms with Gasteiger partial charge in [0.05, 0.1) is 7.11 Å². The maximum absolute atomic E-state index is 13.5. The van der Waals surface area contributed by atoms with Gasteiger partial charge < -0.3 is 15.2 Å². The standard InChI is InChI=1S/C17H24F2N2O3/c1-15(2,3)24-14(22)21-11-5-6-13(23-4)12(7-11)16(10-20)8-17(18,19)9-16/h5-7H,8-10,20H2,1-4H3,(H,21,22). The van der Waals surface area contributed by atoms with Crippen LogP contribution in [0.5, 0.6) is 5.75 Å². The molecule has 0 saturated heterocycles. The van der Waals surface area contributed by atoms with Gasteiger partial charge in [-0.15, -0.1) is 0 Å². The van der Waals surface area contributed by atoms with Gasteiger partial charge in [0.25, 0.3) is 0 Å². The summed E-state index contributed by atoms with van der Waals surface area (Å²) in [4.78, 5) is 11.9. The average Bonchev–Trinajstić information content (AvgIpc) is 2.42. The molecule has 1 aliphatic rings. The van der Waals surface area contributed by atoms with Gasteiger partial charge in [-0.25, -0.2) is 13.6 Å². The molecule has 0 bridgehead atoms. The Hall–Kier alpha value is -1.89. The number of ether oxygens (including phenoxy) is 2. The molecule has 1 aliphatic carbocycles. The molecule has 0 spiro atoms. The number of halogens is 2. The molecule has 1 aromatic rings. The first kappa shape index (κ1) is 18.4. The lowest BCUT2D eigenvalue weighted by Crippen LogP contribution is -2.53. The molecule has 0 aromatic heterocycles. The number of anilines is 1. The van der Waals surface area contributed by atoms with Gasteiger partial charge in [-0.2, -0.15) is 0 Å². The first-order valence-electron chi connectivity index (χ1n) is 7.77. The molecular formula is C17H24F2N2O3. The van der Waals surface area contributed by atoms with Gasteiger partial charge in [0, 0.05) is 36.1 Å². The Bertz CT molecular complexity index is 619. The number of nitrogens with two attached hydrogens (primary N) is 1. The van der Waals surface area contributed by atoms with Crippen molar-refractivity contribution >= 4 is 11.8 Å². The normalized spacial score (nSPS) is 18.5. The maximum Gasteiger partial charge on any atom is 0.412 e. The first-order chi connectivity index (χ1) is 11.0. The third-order valence-electron chi connectivity index (χ3n) is 4.00. The number of benzene rings is 1. The van der Waals surface area contributed by atoms with E-state index in [1.54, 1.807) is 39.0 Å². The number of carbonyl (C=O) groups is 1. The highest BCUT2D eigenvalue weighted by Gasteiger charge is 2.57. The van der Waals surface area contributed by atoms with E-state index in [2.05, 4.69) is 5.32 Å². The van der Waals surface area contributed by atoms with Gasteiger partial charge in [0.15, 0.2) is 0 Å². The topological polar surface area (TPSA) is 73.6 Å². The van der Waals surface area contributed by atoms with Crippen molar-refractivity contribution in [1.29, 1.82) is 0 Å². The van der Waals surface area contributed by atoms with Crippen LogP contribution < -0.4 is 15.8 Å². The van der Waals surface area contributed by atoms with Crippen LogP contribution in [0.3, 0.4) is 0 Å². The molecule has 5 nitrogen and oxygen atoms in total. The van der Waals surface area contributed by atoms with Gasteiger partial charge in [-0.05, 0) is 39.0 Å². The molecule has 0 radical (unpaired) electrons. The van der Waals surface area contributed by atoms with Crippen molar-refractivity contribution in [2.75, 3.05) is 19.0 Å². The van der Waals surface area contributed by atoms with Crippen molar-refractivity contribution in [3.8, 4) is 5.75 Å². The molecule has 1 aromatic carbocycles. The molecule has 0 unspecified atom stereocenters. The molecule has 0 heterocycles. The van der Waals surface area contributed by atoms with Crippen molar-refractivity contribution in [3.05, 3.63) is 23.8 Å². The number of hydrogen-bond donors (Lipinski definition) is 2. The van der Waals surface area contributed by atoms with Crippen LogP contribution in [0, 0.1) is 0 Å². The van der Waals surface area contributed by atoms with Crippen LogP contribution in [-0.2, 0) is 10.2 Å². The molecule has 7 heteroatoms. The highest BCUT2D eigenvalue weighted by atomic mass is 19.3. The molecule has 2 rings (SSSR count). The predicted octanol–water partition coefficient (Wildman–Crippen LogP) is 3.67. The van der Waals surface area contributed by atoms with Crippen LogP contribution in [0.15, 0.2) is 18.2 Å². The summed E-state index contributed by atoms with van der Waals surface area (Å²) in [5.74, 6) is -2.25. The first-order valence-corrected chi connectivity index (χ1v) is 7.77. The summed E-state index contributed by atoms with van der Waals surface area (Å²) in [5.41, 5.74) is 5.32. The van der Waals surface area contributed by atoms with E-state index < -0.39 is 23.0 Å². The molecule has 3 N–H and O–H groups in total. The Balaban J connectivity index is 2.27. The SMILES string of the molecule is COc1ccc(NC(=O)OC(C)(C)C)cc1C1(CN)CC(F)(F)C1. The minimum atomic E-state index is -2.72. The predicted molar refractivity (Wildman–Crippen MR) is 87.8 cm³/mol. The lowest BCUT2D eigenvalue weighted by atomic mass is 9.62. The van der Waals surface area contributed by atoms with Crippen LogP contribution in [-0.4, -0.2) is 31.3 Å². The molecule has 24 heavy (non-hydrogen) atoms. The fourth-order valence-electron chi connectivity index (χ4n) is 3.00. The number of methoxy groups -OCH3 is 1. The van der Waals surface area contributed by atoms with Crippen molar-refractivity contribution in [2.45, 2.75) is 50.6 Å². The molecule has 0 aliphatic heterocycles. The summed E-state index contributed by atoms with van der Waals surface area (Å²) < 4.78 is 37.4. The van der Waals surface area contributed by atoms with E-state index >= 15 is 0 Å². The van der Waals surface area contributed by atoms with Crippen LogP contribution in [0.1, 0.15) is 39.2 Å². The van der Waals surface area contributed by atoms with Gasteiger partial charge in [0.2, 0.25) is 5.92 Å². The van der Waals surface area contributed by atoms with Crippen LogP contribution >= 0.6 is 0 Å². The molecular weight excluding hydrogens is 318 g/mol. The number of nitrogens with one attached hydrogen (secondary N) is 1. The van der Waals surface area contributed by atoms with E-state index in [0.717, 1.165) is 0 Å². The van der Waals surface area contributed by atoms with E-state index in [4.69, 9.17) is 15.2 Å². The van der Waals surface area contributed by atoms with E-state index in [1.165, 1.54) is 7.11 Å². The molecule has 1 amide bonds. The van der Waals surface area contributed by atoms with Crippen molar-refractivity contribution in [2.24, 2.45) is 5.73 Å². The second kappa shape index (κ2) is 6.20. The number of carbonyl (C=O) groups excluding carboxylic acids is 1. The molecule has 1 saturated carbocycles. The smallest absolute Gasteiger partial charge is 0.412 e. The monoisotopic (exact) mass is 342 g/mol. The fourth-order valence-corrected chi connectivity index (χ4v) is 3.00. The number of rotatable bonds is 4. The Morgan fingerprint density at radius 2 is 1.96 bits per heavy atom. The Morgan fingerprint density at radius 1 is 1.33 bits per heavy atom. The Morgan fingerprint density at radius 3 is 2.42 bits per heavy atom. The zero-order valence-corrected chi connectivity index (χ0v) is 14.4. The van der Waals surface area contributed by atoms with Gasteiger partial charge in [-0.3, -0.25) is 5.32 Å². The molecule has 0 atom stereocenters. The lowest BCUT2D eigenvalue weighted by Gasteiger charge is -2.47. The second-order valence-electron chi connectivity index (χ2n) is 7.24. The number of alkyl halides is 2. The Kier molecular flexibility index (Phi) is 4.77. The lowest BCUT2D eigenvalue weighted by molar-refractivity contribution is -0.124. The quantitative estimate of drug-likeness (QED) is 0.876. The van der Waals surface area contributed by atoms with Crippen LogP contribution in [0.2, 0.25) is 0 Å². The Labute approximate surface area is 140 Å².